The van der Waals surface area contributed by atoms with Crippen LogP contribution in [0.2, 0.25) is 0 Å². The quantitative estimate of drug-likeness (QED) is 0.526. The number of nitrogens with zero attached hydrogens (tertiary/aromatic N) is 1. The van der Waals surface area contributed by atoms with Gasteiger partial charge in [-0.05, 0) is 19.4 Å². The molecule has 1 rings (SSSR count). The van der Waals surface area contributed by atoms with Gasteiger partial charge in [0.05, 0.1) is 5.71 Å². The summed E-state index contributed by atoms with van der Waals surface area (Å²) >= 11 is 0. The molecule has 1 heteroatoms. The van der Waals surface area contributed by atoms with Gasteiger partial charge in [-0.3, -0.25) is 4.99 Å². The number of rotatable bonds is 5. The van der Waals surface area contributed by atoms with Crippen molar-refractivity contribution in [3.05, 3.63) is 72.9 Å². The minimum absolute atomic E-state index is 0.248. The zero-order valence-electron chi connectivity index (χ0n) is 10.6. The Morgan fingerprint density at radius 1 is 1.18 bits per heavy atom. The minimum Gasteiger partial charge on any atom is -0.281 e. The van der Waals surface area contributed by atoms with Gasteiger partial charge in [0.15, 0.2) is 0 Å². The molecule has 0 heterocycles. The van der Waals surface area contributed by atoms with Crippen LogP contribution in [0.4, 0.5) is 0 Å². The fourth-order valence-corrected chi connectivity index (χ4v) is 1.54. The molecule has 0 aliphatic heterocycles. The highest BCUT2D eigenvalue weighted by Crippen LogP contribution is 2.12. The van der Waals surface area contributed by atoms with E-state index in [2.05, 4.69) is 44.1 Å². The second kappa shape index (κ2) is 6.64. The fourth-order valence-electron chi connectivity index (χ4n) is 1.54. The van der Waals surface area contributed by atoms with E-state index in [0.717, 1.165) is 16.8 Å². The van der Waals surface area contributed by atoms with E-state index in [0.29, 0.717) is 0 Å². The van der Waals surface area contributed by atoms with E-state index in [-0.39, 0.29) is 6.04 Å². The number of aliphatic imine (C=N–C) groups is 1. The van der Waals surface area contributed by atoms with Gasteiger partial charge in [0.25, 0.3) is 0 Å². The van der Waals surface area contributed by atoms with Crippen molar-refractivity contribution in [3.8, 4) is 0 Å². The summed E-state index contributed by atoms with van der Waals surface area (Å²) in [4.78, 5) is 4.67. The van der Waals surface area contributed by atoms with Gasteiger partial charge in [0.2, 0.25) is 0 Å². The summed E-state index contributed by atoms with van der Waals surface area (Å²) in [6.07, 6.45) is 5.51. The number of allylic oxidation sites excluding steroid dienone is 4. The van der Waals surface area contributed by atoms with E-state index < -0.39 is 0 Å². The first-order valence-electron chi connectivity index (χ1n) is 5.77. The minimum atomic E-state index is 0.248. The van der Waals surface area contributed by atoms with Crippen LogP contribution < -0.4 is 0 Å². The lowest BCUT2D eigenvalue weighted by Crippen LogP contribution is -2.07. The van der Waals surface area contributed by atoms with Crippen LogP contribution >= 0.6 is 0 Å². The van der Waals surface area contributed by atoms with Gasteiger partial charge in [-0.25, -0.2) is 0 Å². The summed E-state index contributed by atoms with van der Waals surface area (Å²) in [5, 5.41) is 0. The lowest BCUT2D eigenvalue weighted by molar-refractivity contribution is 0.837. The average Bonchev–Trinajstić information content (AvgIpc) is 2.34. The molecule has 17 heavy (non-hydrogen) atoms. The second-order valence-corrected chi connectivity index (χ2v) is 4.00. The molecule has 1 nitrogen and oxygen atoms in total. The summed E-state index contributed by atoms with van der Waals surface area (Å²) in [5.74, 6) is 0. The van der Waals surface area contributed by atoms with Crippen LogP contribution in [0, 0.1) is 0 Å². The van der Waals surface area contributed by atoms with E-state index in [1.807, 2.05) is 30.4 Å². The summed E-state index contributed by atoms with van der Waals surface area (Å²) in [7, 11) is 0. The van der Waals surface area contributed by atoms with Gasteiger partial charge < -0.3 is 0 Å². The molecule has 0 fully saturated rings. The molecule has 0 atom stereocenters. The Hall–Kier alpha value is -1.89. The average molecular weight is 225 g/mol. The lowest BCUT2D eigenvalue weighted by Gasteiger charge is -2.09. The third kappa shape index (κ3) is 3.87. The van der Waals surface area contributed by atoms with Crippen LogP contribution in [0.25, 0.3) is 0 Å². The van der Waals surface area contributed by atoms with E-state index in [1.165, 1.54) is 0 Å². The molecule has 0 aliphatic rings. The summed E-state index contributed by atoms with van der Waals surface area (Å²) in [6, 6.07) is 10.4. The Bertz CT molecular complexity index is 436. The van der Waals surface area contributed by atoms with Crippen molar-refractivity contribution >= 4 is 5.71 Å². The number of hydrogen-bond donors (Lipinski definition) is 0. The number of hydrogen-bond acceptors (Lipinski definition) is 1. The van der Waals surface area contributed by atoms with Crippen molar-refractivity contribution in [2.45, 2.75) is 19.9 Å². The zero-order valence-corrected chi connectivity index (χ0v) is 10.6. The Labute approximate surface area is 104 Å². The van der Waals surface area contributed by atoms with E-state index >= 15 is 0 Å². The lowest BCUT2D eigenvalue weighted by atomic mass is 10.0. The van der Waals surface area contributed by atoms with Crippen LogP contribution in [0.5, 0.6) is 0 Å². The molecule has 0 bridgehead atoms. The topological polar surface area (TPSA) is 12.4 Å². The first kappa shape index (κ1) is 13.2. The predicted octanol–water partition coefficient (Wildman–Crippen LogP) is 4.18. The van der Waals surface area contributed by atoms with E-state index in [9.17, 15) is 0 Å². The molecule has 88 valence electrons. The molecule has 1 aromatic rings. The molecular weight excluding hydrogens is 206 g/mol. The van der Waals surface area contributed by atoms with Gasteiger partial charge in [0.1, 0.15) is 0 Å². The van der Waals surface area contributed by atoms with Crippen molar-refractivity contribution in [2.75, 3.05) is 0 Å². The zero-order chi connectivity index (χ0) is 12.7. The Kier molecular flexibility index (Phi) is 5.15. The maximum Gasteiger partial charge on any atom is 0.0721 e. The standard InChI is InChI=1S/C16H19N/c1-5-10-14(6-2)16(17-13(3)4)15-11-8-7-9-12-15/h5-13H,1-2H2,3-4H3/b14-10+,17-16?. The first-order chi connectivity index (χ1) is 8.19. The molecule has 0 saturated heterocycles. The van der Waals surface area contributed by atoms with E-state index in [4.69, 9.17) is 0 Å². The molecule has 0 aromatic heterocycles. The monoisotopic (exact) mass is 225 g/mol. The first-order valence-corrected chi connectivity index (χ1v) is 5.77. The van der Waals surface area contributed by atoms with Gasteiger partial charge in [-0.2, -0.15) is 0 Å². The largest absolute Gasteiger partial charge is 0.281 e. The molecule has 0 saturated carbocycles. The van der Waals surface area contributed by atoms with Crippen molar-refractivity contribution < 1.29 is 0 Å². The molecule has 0 unspecified atom stereocenters. The van der Waals surface area contributed by atoms with Crippen LogP contribution in [0.1, 0.15) is 19.4 Å². The smallest absolute Gasteiger partial charge is 0.0721 e. The highest BCUT2D eigenvalue weighted by Gasteiger charge is 2.06. The summed E-state index contributed by atoms with van der Waals surface area (Å²) in [5.41, 5.74) is 3.07. The molecule has 0 amide bonds. The van der Waals surface area contributed by atoms with Crippen LogP contribution in [-0.2, 0) is 0 Å². The Balaban J connectivity index is 3.27. The SMILES string of the molecule is C=C/C=C(\C=C)C(=NC(C)C)c1ccccc1. The van der Waals surface area contributed by atoms with Gasteiger partial charge in [0, 0.05) is 11.6 Å². The van der Waals surface area contributed by atoms with E-state index in [1.54, 1.807) is 6.08 Å². The van der Waals surface area contributed by atoms with Crippen LogP contribution in [0.3, 0.4) is 0 Å². The molecular formula is C16H19N. The summed E-state index contributed by atoms with van der Waals surface area (Å²) < 4.78 is 0. The normalized spacial score (nSPS) is 12.6. The fraction of sp³-hybridized carbons (Fsp3) is 0.188. The highest BCUT2D eigenvalue weighted by atomic mass is 14.8. The molecule has 1 aromatic carbocycles. The van der Waals surface area contributed by atoms with Gasteiger partial charge >= 0.3 is 0 Å². The molecule has 0 spiro atoms. The Morgan fingerprint density at radius 3 is 2.29 bits per heavy atom. The number of benzene rings is 1. The van der Waals surface area contributed by atoms with Crippen molar-refractivity contribution in [1.29, 1.82) is 0 Å². The van der Waals surface area contributed by atoms with Crippen molar-refractivity contribution in [2.24, 2.45) is 4.99 Å². The second-order valence-electron chi connectivity index (χ2n) is 4.00. The van der Waals surface area contributed by atoms with Gasteiger partial charge in [-0.1, -0.05) is 61.7 Å². The van der Waals surface area contributed by atoms with Gasteiger partial charge in [-0.15, -0.1) is 0 Å². The maximum atomic E-state index is 4.67. The molecule has 0 radical (unpaired) electrons. The van der Waals surface area contributed by atoms with Crippen molar-refractivity contribution in [1.82, 2.24) is 0 Å². The Morgan fingerprint density at radius 2 is 1.82 bits per heavy atom. The van der Waals surface area contributed by atoms with Crippen molar-refractivity contribution in [3.63, 3.8) is 0 Å². The highest BCUT2D eigenvalue weighted by molar-refractivity contribution is 6.14. The molecule has 0 N–H and O–H groups in total. The third-order valence-corrected chi connectivity index (χ3v) is 2.23. The third-order valence-electron chi connectivity index (χ3n) is 2.23. The predicted molar refractivity (Wildman–Crippen MR) is 76.6 cm³/mol. The maximum absolute atomic E-state index is 4.67. The molecule has 0 aliphatic carbocycles. The summed E-state index contributed by atoms with van der Waals surface area (Å²) in [6.45, 7) is 11.7. The van der Waals surface area contributed by atoms with Crippen LogP contribution in [0.15, 0.2) is 72.3 Å². The van der Waals surface area contributed by atoms with Crippen LogP contribution in [-0.4, -0.2) is 11.8 Å².